The Balaban J connectivity index is 0.000000360. The summed E-state index contributed by atoms with van der Waals surface area (Å²) in [5.74, 6) is 0. The average molecular weight is 86.0 g/mol. The molecule has 0 bridgehead atoms. The summed E-state index contributed by atoms with van der Waals surface area (Å²) >= 11 is 0. The zero-order valence-corrected chi connectivity index (χ0v) is 4.33. The fraction of sp³-hybridized carbons (Fsp3) is 0. The predicted octanol–water partition coefficient (Wildman–Crippen LogP) is -1.91. The molecule has 1 heterocycles. The number of pyridine rings is 1. The van der Waals surface area contributed by atoms with E-state index in [2.05, 4.69) is 4.98 Å². The van der Waals surface area contributed by atoms with Gasteiger partial charge in [0.05, 0.1) is 0 Å². The van der Waals surface area contributed by atoms with Crippen LogP contribution in [0.15, 0.2) is 30.6 Å². The van der Waals surface area contributed by atoms with Crippen molar-refractivity contribution in [1.82, 2.24) is 4.98 Å². The fourth-order valence-corrected chi connectivity index (χ4v) is 0.313. The number of hydrogen-bond acceptors (Lipinski definition) is 1. The number of aromatic nitrogens is 1. The molecule has 0 amide bonds. The summed E-state index contributed by atoms with van der Waals surface area (Å²) in [7, 11) is 0. The first-order valence-corrected chi connectivity index (χ1v) is 1.85. The first kappa shape index (κ1) is 6.75. The molecule has 0 aromatic carbocycles. The summed E-state index contributed by atoms with van der Waals surface area (Å²) in [4.78, 5) is 3.78. The number of rotatable bonds is 0. The predicted molar refractivity (Wildman–Crippen MR) is 24.2 cm³/mol. The average Bonchev–Trinajstić information content (AvgIpc) is 1.72. The van der Waals surface area contributed by atoms with E-state index >= 15 is 0 Å². The Morgan fingerprint density at radius 1 is 0.857 bits per heavy atom. The molecule has 0 radical (unpaired) electrons. The second kappa shape index (κ2) is 3.92. The van der Waals surface area contributed by atoms with Gasteiger partial charge in [0.1, 0.15) is 0 Å². The van der Waals surface area contributed by atoms with Crippen molar-refractivity contribution in [3.05, 3.63) is 30.6 Å². The maximum atomic E-state index is 3.78. The van der Waals surface area contributed by atoms with Crippen molar-refractivity contribution in [3.63, 3.8) is 0 Å². The molecule has 0 saturated heterocycles. The molecule has 0 saturated carbocycles. The standard InChI is InChI=1S/C5H5N.Li/c1-2-4-6-5-3-1;/h1-5H;/q;+1. The second-order valence-corrected chi connectivity index (χ2v) is 1.02. The topological polar surface area (TPSA) is 12.9 Å². The molecule has 0 atom stereocenters. The Morgan fingerprint density at radius 3 is 1.57 bits per heavy atom. The first-order valence-electron chi connectivity index (χ1n) is 1.85. The molecular weight excluding hydrogens is 81.0 g/mol. The van der Waals surface area contributed by atoms with Crippen molar-refractivity contribution < 1.29 is 18.9 Å². The van der Waals surface area contributed by atoms with Gasteiger partial charge in [-0.25, -0.2) is 0 Å². The first-order chi connectivity index (χ1) is 3.00. The molecule has 0 aliphatic rings. The van der Waals surface area contributed by atoms with Crippen molar-refractivity contribution in [2.75, 3.05) is 0 Å². The third-order valence-electron chi connectivity index (χ3n) is 0.566. The van der Waals surface area contributed by atoms with Crippen molar-refractivity contribution in [2.45, 2.75) is 0 Å². The zero-order chi connectivity index (χ0) is 4.24. The normalized spacial score (nSPS) is 6.86. The van der Waals surface area contributed by atoms with Crippen LogP contribution in [0.3, 0.4) is 0 Å². The molecule has 1 aromatic heterocycles. The van der Waals surface area contributed by atoms with E-state index in [0.717, 1.165) is 0 Å². The van der Waals surface area contributed by atoms with Crippen LogP contribution in [0.25, 0.3) is 0 Å². The molecule has 7 heavy (non-hydrogen) atoms. The molecule has 1 nitrogen and oxygen atoms in total. The van der Waals surface area contributed by atoms with Gasteiger partial charge >= 0.3 is 18.9 Å². The van der Waals surface area contributed by atoms with E-state index in [9.17, 15) is 0 Å². The third kappa shape index (κ3) is 2.44. The fourth-order valence-electron chi connectivity index (χ4n) is 0.313. The molecular formula is C5H5LiN+. The number of nitrogens with zero attached hydrogens (tertiary/aromatic N) is 1. The van der Waals surface area contributed by atoms with E-state index in [0.29, 0.717) is 0 Å². The Bertz CT molecular complexity index is 80.0. The van der Waals surface area contributed by atoms with Crippen LogP contribution in [0.1, 0.15) is 0 Å². The molecule has 0 fully saturated rings. The smallest absolute Gasteiger partial charge is 0.265 e. The van der Waals surface area contributed by atoms with Gasteiger partial charge < -0.3 is 0 Å². The molecule has 0 aliphatic carbocycles. The quantitative estimate of drug-likeness (QED) is 0.335. The summed E-state index contributed by atoms with van der Waals surface area (Å²) in [5, 5.41) is 0. The SMILES string of the molecule is [Li+].c1ccncc1. The second-order valence-electron chi connectivity index (χ2n) is 1.02. The monoisotopic (exact) mass is 86.1 g/mol. The minimum absolute atomic E-state index is 0. The number of hydrogen-bond donors (Lipinski definition) is 0. The maximum Gasteiger partial charge on any atom is 1.00 e. The summed E-state index contributed by atoms with van der Waals surface area (Å²) in [6.45, 7) is 0. The van der Waals surface area contributed by atoms with Gasteiger partial charge in [-0.3, -0.25) is 4.98 Å². The minimum atomic E-state index is 0. The summed E-state index contributed by atoms with van der Waals surface area (Å²) in [6, 6.07) is 5.72. The Morgan fingerprint density at radius 2 is 1.43 bits per heavy atom. The van der Waals surface area contributed by atoms with Crippen LogP contribution in [0, 0.1) is 0 Å². The van der Waals surface area contributed by atoms with E-state index in [-0.39, 0.29) is 18.9 Å². The molecule has 0 aliphatic heterocycles. The summed E-state index contributed by atoms with van der Waals surface area (Å²) in [6.07, 6.45) is 3.50. The molecule has 1 aromatic rings. The zero-order valence-electron chi connectivity index (χ0n) is 4.33. The molecule has 2 heteroatoms. The van der Waals surface area contributed by atoms with Crippen molar-refractivity contribution in [1.29, 1.82) is 0 Å². The van der Waals surface area contributed by atoms with Gasteiger partial charge in [0.2, 0.25) is 0 Å². The van der Waals surface area contributed by atoms with Crippen LogP contribution in [-0.4, -0.2) is 4.98 Å². The molecule has 0 N–H and O–H groups in total. The van der Waals surface area contributed by atoms with Crippen LogP contribution in [0.5, 0.6) is 0 Å². The molecule has 0 spiro atoms. The van der Waals surface area contributed by atoms with Gasteiger partial charge in [0.25, 0.3) is 0 Å². The van der Waals surface area contributed by atoms with Crippen LogP contribution < -0.4 is 18.9 Å². The largest absolute Gasteiger partial charge is 1.00 e. The van der Waals surface area contributed by atoms with Crippen LogP contribution >= 0.6 is 0 Å². The van der Waals surface area contributed by atoms with Gasteiger partial charge in [-0.05, 0) is 12.1 Å². The Hall–Kier alpha value is -0.253. The van der Waals surface area contributed by atoms with Gasteiger partial charge in [-0.15, -0.1) is 0 Å². The van der Waals surface area contributed by atoms with Gasteiger partial charge in [-0.2, -0.15) is 0 Å². The van der Waals surface area contributed by atoms with Crippen molar-refractivity contribution in [3.8, 4) is 0 Å². The van der Waals surface area contributed by atoms with E-state index in [1.54, 1.807) is 12.4 Å². The van der Waals surface area contributed by atoms with Crippen molar-refractivity contribution >= 4 is 0 Å². The third-order valence-corrected chi connectivity index (χ3v) is 0.566. The summed E-state index contributed by atoms with van der Waals surface area (Å²) in [5.41, 5.74) is 0. The van der Waals surface area contributed by atoms with Crippen LogP contribution in [-0.2, 0) is 0 Å². The Kier molecular flexibility index (Phi) is 3.78. The molecule has 30 valence electrons. The van der Waals surface area contributed by atoms with Gasteiger partial charge in [-0.1, -0.05) is 6.07 Å². The van der Waals surface area contributed by atoms with E-state index in [1.165, 1.54) is 0 Å². The maximum absolute atomic E-state index is 3.78. The van der Waals surface area contributed by atoms with Crippen LogP contribution in [0.2, 0.25) is 0 Å². The minimum Gasteiger partial charge on any atom is -0.265 e. The Labute approximate surface area is 54.9 Å². The molecule has 1 rings (SSSR count). The van der Waals surface area contributed by atoms with E-state index < -0.39 is 0 Å². The van der Waals surface area contributed by atoms with Gasteiger partial charge in [0, 0.05) is 12.4 Å². The van der Waals surface area contributed by atoms with Crippen molar-refractivity contribution in [2.24, 2.45) is 0 Å². The van der Waals surface area contributed by atoms with E-state index in [4.69, 9.17) is 0 Å². The summed E-state index contributed by atoms with van der Waals surface area (Å²) < 4.78 is 0. The van der Waals surface area contributed by atoms with Crippen LogP contribution in [0.4, 0.5) is 0 Å². The van der Waals surface area contributed by atoms with E-state index in [1.807, 2.05) is 18.2 Å². The molecule has 0 unspecified atom stereocenters. The van der Waals surface area contributed by atoms with Gasteiger partial charge in [0.15, 0.2) is 0 Å².